The average Bonchev–Trinajstić information content (AvgIpc) is 3.13. The maximum absolute atomic E-state index is 12.9. The molecule has 0 saturated heterocycles. The van der Waals surface area contributed by atoms with Crippen LogP contribution in [0.4, 0.5) is 5.69 Å². The van der Waals surface area contributed by atoms with E-state index in [2.05, 4.69) is 12.2 Å². The summed E-state index contributed by atoms with van der Waals surface area (Å²) in [4.78, 5) is 12.9. The van der Waals surface area contributed by atoms with Gasteiger partial charge in [0, 0.05) is 12.1 Å². The number of benzene rings is 2. The SMILES string of the molecule is CCc1ccccc1NC(=O)[C@]1(c2ccccc2)CC1(Cl)Cl. The van der Waals surface area contributed by atoms with E-state index in [1.807, 2.05) is 54.6 Å². The lowest BCUT2D eigenvalue weighted by Gasteiger charge is -2.19. The van der Waals surface area contributed by atoms with Gasteiger partial charge in [-0.3, -0.25) is 4.79 Å². The lowest BCUT2D eigenvalue weighted by atomic mass is 9.94. The second-order valence-corrected chi connectivity index (χ2v) is 7.10. The summed E-state index contributed by atoms with van der Waals surface area (Å²) in [6.07, 6.45) is 1.27. The Kier molecular flexibility index (Phi) is 3.92. The Morgan fingerprint density at radius 1 is 1.09 bits per heavy atom. The number of aryl methyl sites for hydroxylation is 1. The summed E-state index contributed by atoms with van der Waals surface area (Å²) in [6, 6.07) is 17.3. The quantitative estimate of drug-likeness (QED) is 0.807. The molecular formula is C18H17Cl2NO. The largest absolute Gasteiger partial charge is 0.325 e. The molecule has 114 valence electrons. The highest BCUT2D eigenvalue weighted by Gasteiger charge is 2.72. The van der Waals surface area contributed by atoms with E-state index >= 15 is 0 Å². The molecule has 1 saturated carbocycles. The van der Waals surface area contributed by atoms with Crippen molar-refractivity contribution < 1.29 is 4.79 Å². The van der Waals surface area contributed by atoms with Gasteiger partial charge in [0.1, 0.15) is 9.75 Å². The highest BCUT2D eigenvalue weighted by Crippen LogP contribution is 2.65. The molecule has 0 bridgehead atoms. The molecule has 0 aromatic heterocycles. The lowest BCUT2D eigenvalue weighted by Crippen LogP contribution is -2.32. The van der Waals surface area contributed by atoms with Gasteiger partial charge in [-0.25, -0.2) is 0 Å². The Balaban J connectivity index is 1.93. The summed E-state index contributed by atoms with van der Waals surface area (Å²) in [5.41, 5.74) is 1.89. The van der Waals surface area contributed by atoms with E-state index in [0.29, 0.717) is 6.42 Å². The molecule has 22 heavy (non-hydrogen) atoms. The van der Waals surface area contributed by atoms with Crippen molar-refractivity contribution in [1.29, 1.82) is 0 Å². The van der Waals surface area contributed by atoms with Gasteiger partial charge < -0.3 is 5.32 Å². The number of hydrogen-bond acceptors (Lipinski definition) is 1. The zero-order valence-electron chi connectivity index (χ0n) is 12.3. The number of alkyl halides is 2. The van der Waals surface area contributed by atoms with Crippen molar-refractivity contribution in [3.63, 3.8) is 0 Å². The summed E-state index contributed by atoms with van der Waals surface area (Å²) in [7, 11) is 0. The van der Waals surface area contributed by atoms with Gasteiger partial charge >= 0.3 is 0 Å². The fourth-order valence-electron chi connectivity index (χ4n) is 2.88. The molecule has 1 aliphatic carbocycles. The molecule has 4 heteroatoms. The van der Waals surface area contributed by atoms with Crippen LogP contribution in [0.2, 0.25) is 0 Å². The monoisotopic (exact) mass is 333 g/mol. The van der Waals surface area contributed by atoms with Gasteiger partial charge in [-0.15, -0.1) is 23.2 Å². The van der Waals surface area contributed by atoms with Crippen LogP contribution in [0.5, 0.6) is 0 Å². The van der Waals surface area contributed by atoms with Crippen LogP contribution >= 0.6 is 23.2 Å². The minimum atomic E-state index is -1.06. The number of nitrogens with one attached hydrogen (secondary N) is 1. The Hall–Kier alpha value is -1.51. The van der Waals surface area contributed by atoms with Gasteiger partial charge in [-0.2, -0.15) is 0 Å². The molecule has 1 fully saturated rings. The van der Waals surface area contributed by atoms with Gasteiger partial charge in [0.15, 0.2) is 0 Å². The Bertz CT molecular complexity index is 699. The normalized spacial score (nSPS) is 22.1. The van der Waals surface area contributed by atoms with Crippen LogP contribution < -0.4 is 5.32 Å². The number of rotatable bonds is 4. The number of carbonyl (C=O) groups is 1. The first-order chi connectivity index (χ1) is 10.5. The van der Waals surface area contributed by atoms with Gasteiger partial charge in [0.05, 0.1) is 0 Å². The van der Waals surface area contributed by atoms with Crippen LogP contribution in [0.3, 0.4) is 0 Å². The van der Waals surface area contributed by atoms with Crippen molar-refractivity contribution in [2.24, 2.45) is 0 Å². The van der Waals surface area contributed by atoms with Crippen molar-refractivity contribution in [2.75, 3.05) is 5.32 Å². The van der Waals surface area contributed by atoms with E-state index in [9.17, 15) is 4.79 Å². The lowest BCUT2D eigenvalue weighted by molar-refractivity contribution is -0.118. The smallest absolute Gasteiger partial charge is 0.238 e. The molecule has 0 unspecified atom stereocenters. The number of halogens is 2. The third-order valence-corrected chi connectivity index (χ3v) is 5.20. The van der Waals surface area contributed by atoms with Gasteiger partial charge in [-0.1, -0.05) is 55.5 Å². The number of anilines is 1. The molecule has 0 spiro atoms. The first-order valence-electron chi connectivity index (χ1n) is 7.34. The van der Waals surface area contributed by atoms with Crippen molar-refractivity contribution in [1.82, 2.24) is 0 Å². The maximum Gasteiger partial charge on any atom is 0.238 e. The van der Waals surface area contributed by atoms with Gasteiger partial charge in [0.25, 0.3) is 0 Å². The molecule has 0 radical (unpaired) electrons. The highest BCUT2D eigenvalue weighted by atomic mass is 35.5. The standard InChI is InChI=1S/C18H17Cl2NO/c1-2-13-8-6-7-11-15(13)21-16(22)17(12-18(17,19)20)14-9-4-3-5-10-14/h3-11H,2,12H2,1H3,(H,21,22)/t17-/m1/s1. The van der Waals surface area contributed by atoms with Crippen molar-refractivity contribution >= 4 is 34.8 Å². The zero-order chi connectivity index (χ0) is 15.8. The van der Waals surface area contributed by atoms with E-state index in [1.165, 1.54) is 0 Å². The topological polar surface area (TPSA) is 29.1 Å². The molecule has 1 N–H and O–H groups in total. The third kappa shape index (κ3) is 2.41. The third-order valence-electron chi connectivity index (χ3n) is 4.29. The fraction of sp³-hybridized carbons (Fsp3) is 0.278. The summed E-state index contributed by atoms with van der Waals surface area (Å²) < 4.78 is -1.06. The number of amides is 1. The fourth-order valence-corrected chi connectivity index (χ4v) is 3.67. The van der Waals surface area contributed by atoms with Crippen LogP contribution in [-0.4, -0.2) is 10.2 Å². The maximum atomic E-state index is 12.9. The summed E-state index contributed by atoms with van der Waals surface area (Å²) in [6.45, 7) is 2.06. The summed E-state index contributed by atoms with van der Waals surface area (Å²) >= 11 is 12.7. The molecule has 3 rings (SSSR count). The molecule has 2 aromatic carbocycles. The van der Waals surface area contributed by atoms with Gasteiger partial charge in [-0.05, 0) is 23.6 Å². The summed E-state index contributed by atoms with van der Waals surface area (Å²) in [5, 5.41) is 3.01. The molecule has 2 aromatic rings. The van der Waals surface area contributed by atoms with Crippen molar-refractivity contribution in [3.05, 3.63) is 65.7 Å². The molecule has 0 heterocycles. The minimum Gasteiger partial charge on any atom is -0.325 e. The van der Waals surface area contributed by atoms with E-state index in [1.54, 1.807) is 0 Å². The zero-order valence-corrected chi connectivity index (χ0v) is 13.8. The highest BCUT2D eigenvalue weighted by molar-refractivity contribution is 6.54. The van der Waals surface area contributed by atoms with E-state index in [0.717, 1.165) is 23.2 Å². The molecule has 1 atom stereocenters. The van der Waals surface area contributed by atoms with Crippen LogP contribution in [0.25, 0.3) is 0 Å². The number of para-hydroxylation sites is 1. The first kappa shape index (κ1) is 15.4. The summed E-state index contributed by atoms with van der Waals surface area (Å²) in [5.74, 6) is -0.149. The van der Waals surface area contributed by atoms with Gasteiger partial charge in [0.2, 0.25) is 5.91 Å². The average molecular weight is 334 g/mol. The molecule has 1 amide bonds. The van der Waals surface area contributed by atoms with Crippen molar-refractivity contribution in [2.45, 2.75) is 29.5 Å². The van der Waals surface area contributed by atoms with E-state index in [4.69, 9.17) is 23.2 Å². The molecular weight excluding hydrogens is 317 g/mol. The number of hydrogen-bond donors (Lipinski definition) is 1. The van der Waals surface area contributed by atoms with Crippen molar-refractivity contribution in [3.8, 4) is 0 Å². The second kappa shape index (κ2) is 5.60. The predicted octanol–water partition coefficient (Wildman–Crippen LogP) is 4.70. The Morgan fingerprint density at radius 2 is 1.68 bits per heavy atom. The first-order valence-corrected chi connectivity index (χ1v) is 8.09. The van der Waals surface area contributed by atoms with Crippen LogP contribution in [-0.2, 0) is 16.6 Å². The molecule has 2 nitrogen and oxygen atoms in total. The molecule has 1 aliphatic rings. The van der Waals surface area contributed by atoms with E-state index in [-0.39, 0.29) is 5.91 Å². The van der Waals surface area contributed by atoms with Crippen LogP contribution in [0, 0.1) is 0 Å². The van der Waals surface area contributed by atoms with E-state index < -0.39 is 9.75 Å². The van der Waals surface area contributed by atoms with Crippen LogP contribution in [0.1, 0.15) is 24.5 Å². The minimum absolute atomic E-state index is 0.149. The molecule has 0 aliphatic heterocycles. The Labute approximate surface area is 140 Å². The predicted molar refractivity (Wildman–Crippen MR) is 91.6 cm³/mol. The Morgan fingerprint density at radius 3 is 2.27 bits per heavy atom. The van der Waals surface area contributed by atoms with Crippen LogP contribution in [0.15, 0.2) is 54.6 Å². The second-order valence-electron chi connectivity index (χ2n) is 5.62. The number of carbonyl (C=O) groups excluding carboxylic acids is 1.